The van der Waals surface area contributed by atoms with E-state index in [1.54, 1.807) is 18.2 Å². The number of hydrogen-bond acceptors (Lipinski definition) is 4. The van der Waals surface area contributed by atoms with E-state index in [0.29, 0.717) is 41.6 Å². The van der Waals surface area contributed by atoms with E-state index in [4.69, 9.17) is 15.6 Å². The number of carbonyl (C=O) groups excluding carboxylic acids is 1. The number of rotatable bonds is 12. The summed E-state index contributed by atoms with van der Waals surface area (Å²) in [6, 6.07) is 19.5. The van der Waals surface area contributed by atoms with Crippen LogP contribution < -0.4 is 15.8 Å². The fraction of sp³-hybridized carbons (Fsp3) is 0.333. The van der Waals surface area contributed by atoms with Crippen molar-refractivity contribution < 1.29 is 19.4 Å². The second-order valence-electron chi connectivity index (χ2n) is 9.52. The molecule has 0 saturated heterocycles. The first-order valence-corrected chi connectivity index (χ1v) is 12.4. The summed E-state index contributed by atoms with van der Waals surface area (Å²) in [6.07, 6.45) is 1.96. The lowest BCUT2D eigenvalue weighted by Gasteiger charge is -2.15. The van der Waals surface area contributed by atoms with Crippen LogP contribution in [0.5, 0.6) is 11.5 Å². The Morgan fingerprint density at radius 3 is 2.39 bits per heavy atom. The molecule has 0 radical (unpaired) electrons. The molecule has 0 aliphatic heterocycles. The Morgan fingerprint density at radius 2 is 1.69 bits per heavy atom. The molecule has 36 heavy (non-hydrogen) atoms. The summed E-state index contributed by atoms with van der Waals surface area (Å²) in [4.78, 5) is 24.2. The number of nitrogens with one attached hydrogen (secondary N) is 1. The van der Waals surface area contributed by atoms with Crippen molar-refractivity contribution in [3.63, 3.8) is 0 Å². The van der Waals surface area contributed by atoms with Crippen molar-refractivity contribution in [2.45, 2.75) is 53.0 Å². The van der Waals surface area contributed by atoms with Crippen LogP contribution in [0.4, 0.5) is 0 Å². The minimum atomic E-state index is -0.899. The van der Waals surface area contributed by atoms with Crippen molar-refractivity contribution in [2.24, 2.45) is 11.7 Å². The highest BCUT2D eigenvalue weighted by Gasteiger charge is 2.15. The Balaban J connectivity index is 1.67. The fourth-order valence-corrected chi connectivity index (χ4v) is 4.33. The Hall–Kier alpha value is -3.64. The molecule has 0 aliphatic carbocycles. The summed E-state index contributed by atoms with van der Waals surface area (Å²) in [5, 5.41) is 12.1. The Kier molecular flexibility index (Phi) is 9.65. The van der Waals surface area contributed by atoms with Gasteiger partial charge in [-0.1, -0.05) is 43.3 Å². The fourth-order valence-electron chi connectivity index (χ4n) is 4.33. The number of carboxylic acid groups (broad SMARTS) is 1. The molecule has 0 aliphatic rings. The molecule has 0 aromatic heterocycles. The summed E-state index contributed by atoms with van der Waals surface area (Å²) < 4.78 is 6.03. The maximum Gasteiger partial charge on any atom is 0.303 e. The molecule has 0 spiro atoms. The minimum absolute atomic E-state index is 0.0452. The van der Waals surface area contributed by atoms with Crippen LogP contribution in [0.2, 0.25) is 0 Å². The average molecular weight is 489 g/mol. The molecule has 1 unspecified atom stereocenters. The number of carboxylic acids is 1. The third kappa shape index (κ3) is 8.24. The van der Waals surface area contributed by atoms with Crippen LogP contribution in [0.1, 0.15) is 57.9 Å². The standard InChI is InChI=1S/C30H36N2O4/c1-20(14-23-5-4-6-24(17-23)19-31)11-12-32-30(35)28-18-26(9-7-25(28)8-10-29(33)34)36-27-15-21(2)13-22(3)16-27/h4-7,9,13,15-18,20H,8,10-12,14,19,31H2,1-3H3,(H,32,35)(H,33,34). The lowest BCUT2D eigenvalue weighted by atomic mass is 9.96. The topological polar surface area (TPSA) is 102 Å². The largest absolute Gasteiger partial charge is 0.481 e. The minimum Gasteiger partial charge on any atom is -0.481 e. The Morgan fingerprint density at radius 1 is 0.972 bits per heavy atom. The van der Waals surface area contributed by atoms with Crippen molar-refractivity contribution in [3.05, 3.63) is 94.0 Å². The number of carbonyl (C=O) groups is 2. The van der Waals surface area contributed by atoms with Crippen LogP contribution in [0.15, 0.2) is 60.7 Å². The summed E-state index contributed by atoms with van der Waals surface area (Å²) in [5.74, 6) is 0.495. The molecule has 1 atom stereocenters. The van der Waals surface area contributed by atoms with Gasteiger partial charge in [0, 0.05) is 25.1 Å². The highest BCUT2D eigenvalue weighted by Crippen LogP contribution is 2.27. The molecule has 0 fully saturated rings. The van der Waals surface area contributed by atoms with Crippen LogP contribution in [0.25, 0.3) is 0 Å². The molecule has 0 saturated carbocycles. The van der Waals surface area contributed by atoms with E-state index < -0.39 is 5.97 Å². The van der Waals surface area contributed by atoms with Crippen LogP contribution in [-0.2, 0) is 24.2 Å². The van der Waals surface area contributed by atoms with Gasteiger partial charge in [-0.05, 0) is 91.1 Å². The molecule has 3 aromatic carbocycles. The van der Waals surface area contributed by atoms with Crippen LogP contribution in [0.3, 0.4) is 0 Å². The quantitative estimate of drug-likeness (QED) is 0.309. The molecule has 4 N–H and O–H groups in total. The molecular weight excluding hydrogens is 452 g/mol. The SMILES string of the molecule is Cc1cc(C)cc(Oc2ccc(CCC(=O)O)c(C(=O)NCCC(C)Cc3cccc(CN)c3)c2)c1. The number of hydrogen-bond donors (Lipinski definition) is 3. The van der Waals surface area contributed by atoms with E-state index in [0.717, 1.165) is 29.5 Å². The zero-order valence-electron chi connectivity index (χ0n) is 21.3. The maximum absolute atomic E-state index is 13.1. The van der Waals surface area contributed by atoms with E-state index >= 15 is 0 Å². The van der Waals surface area contributed by atoms with Crippen molar-refractivity contribution in [1.29, 1.82) is 0 Å². The molecule has 1 amide bonds. The summed E-state index contributed by atoms with van der Waals surface area (Å²) in [6.45, 7) is 7.22. The number of aryl methyl sites for hydroxylation is 3. The zero-order chi connectivity index (χ0) is 26.1. The van der Waals surface area contributed by atoms with E-state index in [1.165, 1.54) is 5.56 Å². The van der Waals surface area contributed by atoms with Crippen molar-refractivity contribution in [1.82, 2.24) is 5.32 Å². The maximum atomic E-state index is 13.1. The molecular formula is C30H36N2O4. The first kappa shape index (κ1) is 27.0. The normalized spacial score (nSPS) is 11.7. The van der Waals surface area contributed by atoms with Gasteiger partial charge in [0.15, 0.2) is 0 Å². The van der Waals surface area contributed by atoms with Gasteiger partial charge >= 0.3 is 5.97 Å². The molecule has 190 valence electrons. The van der Waals surface area contributed by atoms with Gasteiger partial charge in [-0.15, -0.1) is 0 Å². The zero-order valence-corrected chi connectivity index (χ0v) is 21.3. The highest BCUT2D eigenvalue weighted by molar-refractivity contribution is 5.96. The van der Waals surface area contributed by atoms with Crippen LogP contribution >= 0.6 is 0 Å². The lowest BCUT2D eigenvalue weighted by molar-refractivity contribution is -0.136. The van der Waals surface area contributed by atoms with Gasteiger partial charge in [0.2, 0.25) is 0 Å². The Bertz CT molecular complexity index is 1190. The predicted molar refractivity (Wildman–Crippen MR) is 143 cm³/mol. The Labute approximate surface area is 213 Å². The predicted octanol–water partition coefficient (Wildman–Crippen LogP) is 5.57. The van der Waals surface area contributed by atoms with E-state index in [1.807, 2.05) is 38.1 Å². The number of nitrogens with two attached hydrogens (primary N) is 1. The molecule has 0 bridgehead atoms. The third-order valence-electron chi connectivity index (χ3n) is 6.10. The lowest BCUT2D eigenvalue weighted by Crippen LogP contribution is -2.27. The monoisotopic (exact) mass is 488 g/mol. The van der Waals surface area contributed by atoms with Gasteiger partial charge in [0.05, 0.1) is 0 Å². The molecule has 6 nitrogen and oxygen atoms in total. The average Bonchev–Trinajstić information content (AvgIpc) is 2.82. The van der Waals surface area contributed by atoms with E-state index in [9.17, 15) is 9.59 Å². The number of amides is 1. The third-order valence-corrected chi connectivity index (χ3v) is 6.10. The van der Waals surface area contributed by atoms with Crippen molar-refractivity contribution in [3.8, 4) is 11.5 Å². The summed E-state index contributed by atoms with van der Waals surface area (Å²) in [7, 11) is 0. The van der Waals surface area contributed by atoms with Crippen molar-refractivity contribution in [2.75, 3.05) is 6.54 Å². The van der Waals surface area contributed by atoms with Crippen molar-refractivity contribution >= 4 is 11.9 Å². The van der Waals surface area contributed by atoms with Gasteiger partial charge in [-0.25, -0.2) is 0 Å². The van der Waals surface area contributed by atoms with Crippen LogP contribution in [0, 0.1) is 19.8 Å². The van der Waals surface area contributed by atoms with Gasteiger partial charge in [-0.3, -0.25) is 9.59 Å². The second-order valence-corrected chi connectivity index (χ2v) is 9.52. The highest BCUT2D eigenvalue weighted by atomic mass is 16.5. The summed E-state index contributed by atoms with van der Waals surface area (Å²) in [5.41, 5.74) is 11.4. The van der Waals surface area contributed by atoms with Gasteiger partial charge in [-0.2, -0.15) is 0 Å². The first-order chi connectivity index (χ1) is 17.2. The van der Waals surface area contributed by atoms with Gasteiger partial charge < -0.3 is 20.9 Å². The van der Waals surface area contributed by atoms with Gasteiger partial charge in [0.25, 0.3) is 5.91 Å². The van der Waals surface area contributed by atoms with E-state index in [-0.39, 0.29) is 18.7 Å². The second kappa shape index (κ2) is 12.9. The van der Waals surface area contributed by atoms with Gasteiger partial charge in [0.1, 0.15) is 11.5 Å². The van der Waals surface area contributed by atoms with E-state index in [2.05, 4.69) is 30.4 Å². The summed E-state index contributed by atoms with van der Waals surface area (Å²) >= 11 is 0. The smallest absolute Gasteiger partial charge is 0.303 e. The molecule has 0 heterocycles. The number of benzene rings is 3. The molecule has 3 rings (SSSR count). The number of aliphatic carboxylic acids is 1. The first-order valence-electron chi connectivity index (χ1n) is 12.4. The number of ether oxygens (including phenoxy) is 1. The molecule has 3 aromatic rings. The van der Waals surface area contributed by atoms with Crippen LogP contribution in [-0.4, -0.2) is 23.5 Å². The molecule has 6 heteroatoms.